The molecule has 0 bridgehead atoms. The number of nitrogens with zero attached hydrogens (tertiary/aromatic N) is 4. The Morgan fingerprint density at radius 1 is 1.00 bits per heavy atom. The molecule has 0 saturated heterocycles. The Morgan fingerprint density at radius 3 is 2.52 bits per heavy atom. The van der Waals surface area contributed by atoms with Crippen LogP contribution in [-0.2, 0) is 0 Å². The number of hydrogen-bond acceptors (Lipinski definition) is 4. The van der Waals surface area contributed by atoms with Crippen LogP contribution in [0.2, 0.25) is 5.02 Å². The molecule has 2 fully saturated rings. The lowest BCUT2D eigenvalue weighted by Gasteiger charge is -2.39. The summed E-state index contributed by atoms with van der Waals surface area (Å²) in [6.45, 7) is 3.86. The van der Waals surface area contributed by atoms with Crippen LogP contribution >= 0.6 is 11.6 Å². The first-order valence-electron chi connectivity index (χ1n) is 12.5. The molecule has 170 valence electrons. The number of aliphatic imine (C=N–C) groups is 1. The lowest BCUT2D eigenvalue weighted by atomic mass is 9.91. The summed E-state index contributed by atoms with van der Waals surface area (Å²) in [5.74, 6) is 0.989. The summed E-state index contributed by atoms with van der Waals surface area (Å²) < 4.78 is 0. The van der Waals surface area contributed by atoms with E-state index < -0.39 is 0 Å². The van der Waals surface area contributed by atoms with Gasteiger partial charge in [0.1, 0.15) is 5.84 Å². The second-order valence-electron chi connectivity index (χ2n) is 9.34. The molecule has 3 aliphatic rings. The van der Waals surface area contributed by atoms with E-state index in [1.807, 2.05) is 6.07 Å². The monoisotopic (exact) mass is 443 g/mol. The zero-order valence-corrected chi connectivity index (χ0v) is 19.8. The van der Waals surface area contributed by atoms with Gasteiger partial charge < -0.3 is 10.2 Å². The van der Waals surface area contributed by atoms with Gasteiger partial charge in [0.25, 0.3) is 0 Å². The van der Waals surface area contributed by atoms with Crippen LogP contribution in [0, 0.1) is 0 Å². The predicted molar refractivity (Wildman–Crippen MR) is 131 cm³/mol. The molecule has 0 aromatic heterocycles. The molecule has 0 radical (unpaired) electrons. The molecule has 1 heterocycles. The molecule has 0 spiro atoms. The topological polar surface area (TPSA) is 52.4 Å². The Kier molecular flexibility index (Phi) is 8.23. The Labute approximate surface area is 192 Å². The van der Waals surface area contributed by atoms with E-state index in [-0.39, 0.29) is 12.1 Å². The van der Waals surface area contributed by atoms with Gasteiger partial charge in [0, 0.05) is 22.3 Å². The van der Waals surface area contributed by atoms with Crippen molar-refractivity contribution in [3.8, 4) is 0 Å². The number of benzene rings is 1. The molecular formula is C25H38ClN5. The van der Waals surface area contributed by atoms with Crippen LogP contribution in [0.15, 0.2) is 33.4 Å². The minimum atomic E-state index is 0.206. The van der Waals surface area contributed by atoms with E-state index in [4.69, 9.17) is 21.7 Å². The summed E-state index contributed by atoms with van der Waals surface area (Å²) in [5, 5.41) is 13.6. The minimum Gasteiger partial charge on any atom is -0.352 e. The van der Waals surface area contributed by atoms with Crippen molar-refractivity contribution in [2.24, 2.45) is 15.2 Å². The molecule has 31 heavy (non-hydrogen) atoms. The molecule has 2 saturated carbocycles. The lowest BCUT2D eigenvalue weighted by Crippen LogP contribution is -2.49. The van der Waals surface area contributed by atoms with Crippen LogP contribution in [0.5, 0.6) is 0 Å². The molecular weight excluding hydrogens is 406 g/mol. The Bertz CT molecular complexity index is 769. The largest absolute Gasteiger partial charge is 0.352 e. The first-order chi connectivity index (χ1) is 15.3. The van der Waals surface area contributed by atoms with Gasteiger partial charge in [0.05, 0.1) is 25.3 Å². The third-order valence-corrected chi connectivity index (χ3v) is 7.27. The summed E-state index contributed by atoms with van der Waals surface area (Å²) >= 11 is 6.44. The molecule has 2 atom stereocenters. The van der Waals surface area contributed by atoms with Crippen LogP contribution in [0.25, 0.3) is 0 Å². The predicted octanol–water partition coefficient (Wildman–Crippen LogP) is 6.74. The van der Waals surface area contributed by atoms with Gasteiger partial charge in [-0.15, -0.1) is 0 Å². The maximum Gasteiger partial charge on any atom is 0.132 e. The second kappa shape index (κ2) is 11.3. The van der Waals surface area contributed by atoms with Crippen LogP contribution in [0.3, 0.4) is 0 Å². The molecule has 2 aliphatic carbocycles. The van der Waals surface area contributed by atoms with Crippen molar-refractivity contribution in [2.45, 2.75) is 102 Å². The molecule has 5 nitrogen and oxygen atoms in total. The average Bonchev–Trinajstić information content (AvgIpc) is 3.07. The molecule has 1 aromatic carbocycles. The van der Waals surface area contributed by atoms with Crippen LogP contribution in [-0.4, -0.2) is 37.2 Å². The summed E-state index contributed by atoms with van der Waals surface area (Å²) in [5.41, 5.74) is 2.43. The quantitative estimate of drug-likeness (QED) is 0.300. The van der Waals surface area contributed by atoms with Gasteiger partial charge in [0.15, 0.2) is 0 Å². The van der Waals surface area contributed by atoms with Crippen molar-refractivity contribution < 1.29 is 0 Å². The first-order valence-corrected chi connectivity index (χ1v) is 12.9. The minimum absolute atomic E-state index is 0.206. The van der Waals surface area contributed by atoms with Gasteiger partial charge in [-0.05, 0) is 50.3 Å². The fourth-order valence-corrected chi connectivity index (χ4v) is 5.41. The lowest BCUT2D eigenvalue weighted by molar-refractivity contribution is 0.374. The van der Waals surface area contributed by atoms with Gasteiger partial charge in [-0.1, -0.05) is 63.5 Å². The maximum atomic E-state index is 6.44. The van der Waals surface area contributed by atoms with E-state index in [9.17, 15) is 0 Å². The van der Waals surface area contributed by atoms with Gasteiger partial charge in [-0.25, -0.2) is 0 Å². The van der Waals surface area contributed by atoms with Crippen molar-refractivity contribution in [2.75, 3.05) is 18.1 Å². The van der Waals surface area contributed by atoms with Crippen molar-refractivity contribution in [3.05, 3.63) is 28.8 Å². The fourth-order valence-electron chi connectivity index (χ4n) is 5.23. The number of unbranched alkanes of at least 4 members (excludes halogenated alkanes) is 1. The number of azo groups is 1. The second-order valence-corrected chi connectivity index (χ2v) is 9.78. The number of amidine groups is 1. The molecule has 0 unspecified atom stereocenters. The first kappa shape index (κ1) is 22.6. The average molecular weight is 444 g/mol. The zero-order chi connectivity index (χ0) is 21.5. The maximum absolute atomic E-state index is 6.44. The summed E-state index contributed by atoms with van der Waals surface area (Å²) in [6.07, 6.45) is 14.9. The number of hydrogen-bond donors (Lipinski definition) is 1. The SMILES string of the molecule is CCCCN=N[C@@H]1CCCC[C@@H]1N=C1NCN(C2CCCCCC2)c2ccc(Cl)cc21. The highest BCUT2D eigenvalue weighted by molar-refractivity contribution is 6.31. The number of rotatable bonds is 6. The molecule has 1 N–H and O–H groups in total. The molecule has 1 aliphatic heterocycles. The number of fused-ring (bicyclic) bond motifs is 1. The summed E-state index contributed by atoms with van der Waals surface area (Å²) in [6, 6.07) is 7.33. The van der Waals surface area contributed by atoms with Crippen LogP contribution in [0.1, 0.15) is 89.5 Å². The third-order valence-electron chi connectivity index (χ3n) is 7.04. The normalized spacial score (nSPS) is 26.6. The van der Waals surface area contributed by atoms with Gasteiger partial charge in [-0.2, -0.15) is 10.2 Å². The highest BCUT2D eigenvalue weighted by Gasteiger charge is 2.30. The van der Waals surface area contributed by atoms with Crippen molar-refractivity contribution in [3.63, 3.8) is 0 Å². The van der Waals surface area contributed by atoms with E-state index >= 15 is 0 Å². The Morgan fingerprint density at radius 2 is 1.74 bits per heavy atom. The standard InChI is InChI=1S/C25H38ClN5/c1-2-3-16-28-30-23-13-9-8-12-22(23)29-25-21-17-19(26)14-15-24(21)31(18-27-25)20-10-6-4-5-7-11-20/h14-15,17,20,22-23H,2-13,16,18H2,1H3,(H,27,29)/t22-,23+/m0/s1. The Hall–Kier alpha value is -1.62. The third kappa shape index (κ3) is 5.79. The highest BCUT2D eigenvalue weighted by atomic mass is 35.5. The van der Waals surface area contributed by atoms with Crippen LogP contribution < -0.4 is 10.2 Å². The summed E-state index contributed by atoms with van der Waals surface area (Å²) in [7, 11) is 0. The zero-order valence-electron chi connectivity index (χ0n) is 19.0. The van der Waals surface area contributed by atoms with Gasteiger partial charge in [-0.3, -0.25) is 4.99 Å². The van der Waals surface area contributed by atoms with Crippen molar-refractivity contribution in [1.29, 1.82) is 0 Å². The fraction of sp³-hybridized carbons (Fsp3) is 0.720. The number of nitrogens with one attached hydrogen (secondary N) is 1. The van der Waals surface area contributed by atoms with E-state index in [1.165, 1.54) is 57.1 Å². The molecule has 6 heteroatoms. The Balaban J connectivity index is 1.57. The number of anilines is 1. The van der Waals surface area contributed by atoms with E-state index in [0.29, 0.717) is 6.04 Å². The van der Waals surface area contributed by atoms with E-state index in [0.717, 1.165) is 55.3 Å². The van der Waals surface area contributed by atoms with Gasteiger partial charge in [0.2, 0.25) is 0 Å². The van der Waals surface area contributed by atoms with E-state index in [1.54, 1.807) is 0 Å². The number of halogens is 1. The van der Waals surface area contributed by atoms with Crippen molar-refractivity contribution >= 4 is 23.1 Å². The molecule has 4 rings (SSSR count). The van der Waals surface area contributed by atoms with Gasteiger partial charge >= 0.3 is 0 Å². The van der Waals surface area contributed by atoms with E-state index in [2.05, 4.69) is 34.4 Å². The molecule has 0 amide bonds. The smallest absolute Gasteiger partial charge is 0.132 e. The summed E-state index contributed by atoms with van der Waals surface area (Å²) in [4.78, 5) is 7.78. The van der Waals surface area contributed by atoms with Crippen LogP contribution in [0.4, 0.5) is 5.69 Å². The van der Waals surface area contributed by atoms with Crippen molar-refractivity contribution in [1.82, 2.24) is 5.32 Å². The highest BCUT2D eigenvalue weighted by Crippen LogP contribution is 2.33. The molecule has 1 aromatic rings.